The Labute approximate surface area is 72.4 Å². The molecule has 3 nitrogen and oxygen atoms in total. The molecule has 0 aliphatic heterocycles. The van der Waals surface area contributed by atoms with E-state index < -0.39 is 17.5 Å². The molecule has 1 unspecified atom stereocenters. The number of aliphatic hydroxyl groups is 2. The van der Waals surface area contributed by atoms with Gasteiger partial charge in [-0.2, -0.15) is 0 Å². The third kappa shape index (κ3) is 1.84. The van der Waals surface area contributed by atoms with Gasteiger partial charge in [-0.15, -0.1) is 0 Å². The second kappa shape index (κ2) is 3.54. The highest BCUT2D eigenvalue weighted by Crippen LogP contribution is 2.29. The molecule has 0 heterocycles. The molecule has 0 aromatic heterocycles. The van der Waals surface area contributed by atoms with E-state index in [4.69, 9.17) is 5.11 Å². The van der Waals surface area contributed by atoms with Crippen LogP contribution in [0.4, 0.5) is 0 Å². The summed E-state index contributed by atoms with van der Waals surface area (Å²) in [7, 11) is 0. The maximum absolute atomic E-state index is 11.3. The van der Waals surface area contributed by atoms with E-state index in [1.807, 2.05) is 0 Å². The summed E-state index contributed by atoms with van der Waals surface area (Å²) in [5.41, 5.74) is -1.23. The maximum atomic E-state index is 11.3. The number of carbonyl (C=O) groups is 1. The molecule has 0 radical (unpaired) electrons. The van der Waals surface area contributed by atoms with Crippen LogP contribution in [-0.4, -0.2) is 27.7 Å². The van der Waals surface area contributed by atoms with Gasteiger partial charge in [0.2, 0.25) is 0 Å². The highest BCUT2D eigenvalue weighted by Gasteiger charge is 2.38. The molecule has 1 fully saturated rings. The molecule has 2 N–H and O–H groups in total. The minimum absolute atomic E-state index is 0.415. The Morgan fingerprint density at radius 2 is 1.83 bits per heavy atom. The minimum Gasteiger partial charge on any atom is -0.385 e. The molecule has 0 amide bonds. The van der Waals surface area contributed by atoms with Crippen LogP contribution in [-0.2, 0) is 4.79 Å². The van der Waals surface area contributed by atoms with Gasteiger partial charge in [0.1, 0.15) is 11.7 Å². The number of aliphatic hydroxyl groups excluding tert-OH is 1. The van der Waals surface area contributed by atoms with Crippen molar-refractivity contribution < 1.29 is 15.0 Å². The lowest BCUT2D eigenvalue weighted by atomic mass is 9.80. The maximum Gasteiger partial charge on any atom is 0.192 e. The Morgan fingerprint density at radius 1 is 1.33 bits per heavy atom. The van der Waals surface area contributed by atoms with E-state index in [1.165, 1.54) is 6.92 Å². The molecule has 1 aliphatic carbocycles. The second-order valence-corrected chi connectivity index (χ2v) is 3.63. The molecule has 1 saturated carbocycles. The third-order valence-corrected chi connectivity index (χ3v) is 2.52. The van der Waals surface area contributed by atoms with Crippen molar-refractivity contribution in [2.75, 3.05) is 0 Å². The van der Waals surface area contributed by atoms with Gasteiger partial charge >= 0.3 is 0 Å². The zero-order valence-electron chi connectivity index (χ0n) is 7.42. The fourth-order valence-corrected chi connectivity index (χ4v) is 1.77. The molecule has 0 bridgehead atoms. The number of carbonyl (C=O) groups excluding carboxylic acids is 1. The van der Waals surface area contributed by atoms with Crippen LogP contribution in [0.15, 0.2) is 0 Å². The normalized spacial score (nSPS) is 24.9. The summed E-state index contributed by atoms with van der Waals surface area (Å²) in [6.07, 6.45) is 2.83. The zero-order chi connectivity index (χ0) is 9.19. The van der Waals surface area contributed by atoms with Crippen molar-refractivity contribution in [3.05, 3.63) is 0 Å². The van der Waals surface area contributed by atoms with Gasteiger partial charge in [0.15, 0.2) is 5.78 Å². The van der Waals surface area contributed by atoms with E-state index in [9.17, 15) is 9.90 Å². The van der Waals surface area contributed by atoms with Crippen LogP contribution in [0.2, 0.25) is 0 Å². The van der Waals surface area contributed by atoms with Crippen molar-refractivity contribution >= 4 is 5.78 Å². The Morgan fingerprint density at radius 3 is 2.25 bits per heavy atom. The van der Waals surface area contributed by atoms with Crippen LogP contribution in [0.3, 0.4) is 0 Å². The molecule has 12 heavy (non-hydrogen) atoms. The summed E-state index contributed by atoms with van der Waals surface area (Å²) in [5, 5.41) is 18.8. The SMILES string of the molecule is CC(O)C(=O)C1(O)CCCCC1. The van der Waals surface area contributed by atoms with Gasteiger partial charge in [0, 0.05) is 0 Å². The van der Waals surface area contributed by atoms with Gasteiger partial charge in [-0.3, -0.25) is 4.79 Å². The van der Waals surface area contributed by atoms with E-state index in [0.717, 1.165) is 19.3 Å². The first-order chi connectivity index (χ1) is 5.56. The first-order valence-corrected chi connectivity index (χ1v) is 4.51. The van der Waals surface area contributed by atoms with Gasteiger partial charge in [0.25, 0.3) is 0 Å². The summed E-state index contributed by atoms with van der Waals surface area (Å²) in [6, 6.07) is 0. The summed E-state index contributed by atoms with van der Waals surface area (Å²) < 4.78 is 0. The summed E-state index contributed by atoms with van der Waals surface area (Å²) in [4.78, 5) is 11.3. The predicted octanol–water partition coefficient (Wildman–Crippen LogP) is 0.631. The van der Waals surface area contributed by atoms with Crippen molar-refractivity contribution in [1.82, 2.24) is 0 Å². The Hall–Kier alpha value is -0.410. The van der Waals surface area contributed by atoms with Crippen molar-refractivity contribution in [2.24, 2.45) is 0 Å². The highest BCUT2D eigenvalue weighted by atomic mass is 16.3. The third-order valence-electron chi connectivity index (χ3n) is 2.52. The molecule has 3 heteroatoms. The first-order valence-electron chi connectivity index (χ1n) is 4.51. The monoisotopic (exact) mass is 172 g/mol. The lowest BCUT2D eigenvalue weighted by Gasteiger charge is -2.31. The molecule has 1 rings (SSSR count). The number of Topliss-reactive ketones (excluding diaryl/α,β-unsaturated/α-hetero) is 1. The van der Waals surface area contributed by atoms with Gasteiger partial charge in [-0.25, -0.2) is 0 Å². The van der Waals surface area contributed by atoms with Crippen LogP contribution in [0.25, 0.3) is 0 Å². The summed E-state index contributed by atoms with van der Waals surface area (Å²) in [5.74, 6) is -0.415. The van der Waals surface area contributed by atoms with Gasteiger partial charge < -0.3 is 10.2 Å². The number of hydrogen-bond acceptors (Lipinski definition) is 3. The van der Waals surface area contributed by atoms with Crippen LogP contribution < -0.4 is 0 Å². The minimum atomic E-state index is -1.23. The molecule has 0 saturated heterocycles. The Kier molecular flexibility index (Phi) is 2.85. The molecular formula is C9H16O3. The predicted molar refractivity (Wildman–Crippen MR) is 44.7 cm³/mol. The van der Waals surface area contributed by atoms with Crippen LogP contribution in [0.1, 0.15) is 39.0 Å². The van der Waals surface area contributed by atoms with E-state index >= 15 is 0 Å². The fraction of sp³-hybridized carbons (Fsp3) is 0.889. The van der Waals surface area contributed by atoms with Crippen molar-refractivity contribution in [1.29, 1.82) is 0 Å². The number of rotatable bonds is 2. The van der Waals surface area contributed by atoms with E-state index in [-0.39, 0.29) is 0 Å². The average Bonchev–Trinajstić information content (AvgIpc) is 2.04. The van der Waals surface area contributed by atoms with E-state index in [1.54, 1.807) is 0 Å². The zero-order valence-corrected chi connectivity index (χ0v) is 7.42. The van der Waals surface area contributed by atoms with Crippen molar-refractivity contribution in [2.45, 2.75) is 50.7 Å². The first kappa shape index (κ1) is 9.68. The molecule has 1 aliphatic rings. The quantitative estimate of drug-likeness (QED) is 0.642. The van der Waals surface area contributed by atoms with E-state index in [0.29, 0.717) is 12.8 Å². The van der Waals surface area contributed by atoms with Crippen LogP contribution in [0.5, 0.6) is 0 Å². The number of hydrogen-bond donors (Lipinski definition) is 2. The molecule has 0 spiro atoms. The Balaban J connectivity index is 2.62. The smallest absolute Gasteiger partial charge is 0.192 e. The van der Waals surface area contributed by atoms with Gasteiger partial charge in [0.05, 0.1) is 0 Å². The van der Waals surface area contributed by atoms with Gasteiger partial charge in [-0.1, -0.05) is 19.3 Å². The summed E-state index contributed by atoms with van der Waals surface area (Å²) >= 11 is 0. The van der Waals surface area contributed by atoms with Crippen molar-refractivity contribution in [3.8, 4) is 0 Å². The molecule has 1 atom stereocenters. The lowest BCUT2D eigenvalue weighted by molar-refractivity contribution is -0.148. The fourth-order valence-electron chi connectivity index (χ4n) is 1.77. The molecular weight excluding hydrogens is 156 g/mol. The lowest BCUT2D eigenvalue weighted by Crippen LogP contribution is -2.45. The topological polar surface area (TPSA) is 57.5 Å². The van der Waals surface area contributed by atoms with Crippen LogP contribution in [0, 0.1) is 0 Å². The largest absolute Gasteiger partial charge is 0.385 e. The van der Waals surface area contributed by atoms with Crippen LogP contribution >= 0.6 is 0 Å². The number of ketones is 1. The van der Waals surface area contributed by atoms with Gasteiger partial charge in [-0.05, 0) is 19.8 Å². The molecule has 0 aromatic carbocycles. The Bertz CT molecular complexity index is 169. The second-order valence-electron chi connectivity index (χ2n) is 3.63. The standard InChI is InChI=1S/C9H16O3/c1-7(10)8(11)9(12)5-3-2-4-6-9/h7,10,12H,2-6H2,1H3. The molecule has 70 valence electrons. The van der Waals surface area contributed by atoms with Crippen molar-refractivity contribution in [3.63, 3.8) is 0 Å². The molecule has 0 aromatic rings. The van der Waals surface area contributed by atoms with E-state index in [2.05, 4.69) is 0 Å². The highest BCUT2D eigenvalue weighted by molar-refractivity contribution is 5.90. The average molecular weight is 172 g/mol. The summed E-state index contributed by atoms with van der Waals surface area (Å²) in [6.45, 7) is 1.41.